The molecule has 26 heavy (non-hydrogen) atoms. The van der Waals surface area contributed by atoms with Gasteiger partial charge in [-0.3, -0.25) is 19.2 Å². The fraction of sp³-hybridized carbons (Fsp3) is 0.421. The first-order chi connectivity index (χ1) is 12.5. The summed E-state index contributed by atoms with van der Waals surface area (Å²) >= 11 is 0. The van der Waals surface area contributed by atoms with Gasteiger partial charge in [-0.15, -0.1) is 0 Å². The van der Waals surface area contributed by atoms with E-state index in [-0.39, 0.29) is 11.8 Å². The van der Waals surface area contributed by atoms with Gasteiger partial charge >= 0.3 is 0 Å². The van der Waals surface area contributed by atoms with Crippen LogP contribution in [0.3, 0.4) is 0 Å². The van der Waals surface area contributed by atoms with Gasteiger partial charge in [0, 0.05) is 38.0 Å². The first-order valence-corrected chi connectivity index (χ1v) is 8.80. The number of nitrogens with one attached hydrogen (secondary N) is 1. The SMILES string of the molecule is CN(C)Cc1ccccc1C(=O)NC1CCCN(c2ccn(C)n2)C1=O. The van der Waals surface area contributed by atoms with Gasteiger partial charge in [-0.1, -0.05) is 18.2 Å². The van der Waals surface area contributed by atoms with Crippen molar-refractivity contribution >= 4 is 17.6 Å². The number of amides is 2. The van der Waals surface area contributed by atoms with Crippen LogP contribution in [0.1, 0.15) is 28.8 Å². The molecule has 1 aromatic carbocycles. The maximum atomic E-state index is 12.8. The van der Waals surface area contributed by atoms with Gasteiger partial charge in [0.15, 0.2) is 5.82 Å². The van der Waals surface area contributed by atoms with Gasteiger partial charge in [0.05, 0.1) is 0 Å². The quantitative estimate of drug-likeness (QED) is 0.880. The van der Waals surface area contributed by atoms with Crippen molar-refractivity contribution in [3.8, 4) is 0 Å². The van der Waals surface area contributed by atoms with Crippen LogP contribution < -0.4 is 10.2 Å². The Morgan fingerprint density at radius 2 is 2.08 bits per heavy atom. The number of piperidine rings is 1. The molecule has 3 rings (SSSR count). The van der Waals surface area contributed by atoms with Crippen LogP contribution in [-0.4, -0.2) is 53.2 Å². The topological polar surface area (TPSA) is 70.5 Å². The summed E-state index contributed by atoms with van der Waals surface area (Å²) in [6.07, 6.45) is 3.28. The minimum atomic E-state index is -0.523. The molecule has 1 aromatic heterocycles. The van der Waals surface area contributed by atoms with Gasteiger partial charge in [0.2, 0.25) is 0 Å². The van der Waals surface area contributed by atoms with Crippen molar-refractivity contribution in [3.05, 3.63) is 47.7 Å². The number of carbonyl (C=O) groups is 2. The van der Waals surface area contributed by atoms with Crippen molar-refractivity contribution < 1.29 is 9.59 Å². The number of hydrogen-bond donors (Lipinski definition) is 1. The zero-order valence-electron chi connectivity index (χ0n) is 15.5. The average molecular weight is 355 g/mol. The maximum absolute atomic E-state index is 12.8. The zero-order chi connectivity index (χ0) is 18.7. The minimum absolute atomic E-state index is 0.103. The highest BCUT2D eigenvalue weighted by atomic mass is 16.2. The van der Waals surface area contributed by atoms with Gasteiger partial charge in [0.1, 0.15) is 6.04 Å². The molecule has 0 radical (unpaired) electrons. The second kappa shape index (κ2) is 7.70. The van der Waals surface area contributed by atoms with Crippen LogP contribution >= 0.6 is 0 Å². The second-order valence-corrected chi connectivity index (χ2v) is 6.90. The number of nitrogens with zero attached hydrogens (tertiary/aromatic N) is 4. The van der Waals surface area contributed by atoms with E-state index in [1.807, 2.05) is 56.5 Å². The normalized spacial score (nSPS) is 17.6. The van der Waals surface area contributed by atoms with Crippen molar-refractivity contribution in [2.45, 2.75) is 25.4 Å². The number of aromatic nitrogens is 2. The lowest BCUT2D eigenvalue weighted by Gasteiger charge is -2.31. The van der Waals surface area contributed by atoms with Crippen molar-refractivity contribution in [1.29, 1.82) is 0 Å². The molecule has 1 N–H and O–H groups in total. The lowest BCUT2D eigenvalue weighted by Crippen LogP contribution is -2.52. The molecule has 0 spiro atoms. The summed E-state index contributed by atoms with van der Waals surface area (Å²) < 4.78 is 1.67. The smallest absolute Gasteiger partial charge is 0.252 e. The molecule has 0 aliphatic carbocycles. The summed E-state index contributed by atoms with van der Waals surface area (Å²) in [5.74, 6) is 0.321. The highest BCUT2D eigenvalue weighted by molar-refractivity contribution is 6.02. The Labute approximate surface area is 153 Å². The Kier molecular flexibility index (Phi) is 5.37. The average Bonchev–Trinajstić information content (AvgIpc) is 3.03. The summed E-state index contributed by atoms with van der Waals surface area (Å²) in [5.41, 5.74) is 1.56. The van der Waals surface area contributed by atoms with Crippen LogP contribution in [-0.2, 0) is 18.4 Å². The summed E-state index contributed by atoms with van der Waals surface area (Å²) in [7, 11) is 5.74. The molecule has 2 amide bonds. The molecule has 1 unspecified atom stereocenters. The monoisotopic (exact) mass is 355 g/mol. The first kappa shape index (κ1) is 18.1. The number of carbonyl (C=O) groups excluding carboxylic acids is 2. The molecule has 1 fully saturated rings. The second-order valence-electron chi connectivity index (χ2n) is 6.90. The van der Waals surface area contributed by atoms with Gasteiger partial charge in [-0.25, -0.2) is 0 Å². The van der Waals surface area contributed by atoms with E-state index in [1.54, 1.807) is 15.6 Å². The maximum Gasteiger partial charge on any atom is 0.252 e. The van der Waals surface area contributed by atoms with Crippen LogP contribution in [0.4, 0.5) is 5.82 Å². The van der Waals surface area contributed by atoms with Crippen LogP contribution in [0.5, 0.6) is 0 Å². The summed E-state index contributed by atoms with van der Waals surface area (Å²) in [6.45, 7) is 1.29. The molecular weight excluding hydrogens is 330 g/mol. The molecule has 138 valence electrons. The number of benzene rings is 1. The van der Waals surface area contributed by atoms with Gasteiger partial charge < -0.3 is 10.2 Å². The van der Waals surface area contributed by atoms with Gasteiger partial charge in [-0.05, 0) is 38.6 Å². The molecule has 1 aliphatic rings. The van der Waals surface area contributed by atoms with E-state index in [0.717, 1.165) is 12.0 Å². The van der Waals surface area contributed by atoms with Crippen molar-refractivity contribution in [2.24, 2.45) is 7.05 Å². The van der Waals surface area contributed by atoms with E-state index in [4.69, 9.17) is 0 Å². The molecule has 0 bridgehead atoms. The van der Waals surface area contributed by atoms with Crippen molar-refractivity contribution in [3.63, 3.8) is 0 Å². The molecule has 1 saturated heterocycles. The predicted molar refractivity (Wildman–Crippen MR) is 99.9 cm³/mol. The van der Waals surface area contributed by atoms with Gasteiger partial charge in [-0.2, -0.15) is 5.10 Å². The van der Waals surface area contributed by atoms with Crippen molar-refractivity contribution in [1.82, 2.24) is 20.0 Å². The Hall–Kier alpha value is -2.67. The summed E-state index contributed by atoms with van der Waals surface area (Å²) in [4.78, 5) is 29.3. The standard InChI is InChI=1S/C19H25N5O2/c1-22(2)13-14-7-4-5-8-15(14)18(25)20-16-9-6-11-24(19(16)26)17-10-12-23(3)21-17/h4-5,7-8,10,12,16H,6,9,11,13H2,1-3H3,(H,20,25). The Balaban J connectivity index is 1.74. The third-order valence-electron chi connectivity index (χ3n) is 4.47. The molecule has 7 nitrogen and oxygen atoms in total. The van der Waals surface area contributed by atoms with Crippen LogP contribution in [0.15, 0.2) is 36.5 Å². The molecule has 0 saturated carbocycles. The van der Waals surface area contributed by atoms with Gasteiger partial charge in [0.25, 0.3) is 11.8 Å². The van der Waals surface area contributed by atoms with E-state index in [9.17, 15) is 9.59 Å². The highest BCUT2D eigenvalue weighted by Crippen LogP contribution is 2.20. The molecule has 1 aliphatic heterocycles. The van der Waals surface area contributed by atoms with Crippen LogP contribution in [0, 0.1) is 0 Å². The number of rotatable bonds is 5. The first-order valence-electron chi connectivity index (χ1n) is 8.80. The molecular formula is C19H25N5O2. The number of aryl methyl sites for hydroxylation is 1. The zero-order valence-corrected chi connectivity index (χ0v) is 15.5. The minimum Gasteiger partial charge on any atom is -0.340 e. The third-order valence-corrected chi connectivity index (χ3v) is 4.47. The van der Waals surface area contributed by atoms with E-state index >= 15 is 0 Å². The molecule has 7 heteroatoms. The predicted octanol–water partition coefficient (Wildman–Crippen LogP) is 1.41. The largest absolute Gasteiger partial charge is 0.340 e. The van der Waals surface area contributed by atoms with Crippen molar-refractivity contribution in [2.75, 3.05) is 25.5 Å². The summed E-state index contributed by atoms with van der Waals surface area (Å²) in [6, 6.07) is 8.80. The number of anilines is 1. The Morgan fingerprint density at radius 1 is 1.31 bits per heavy atom. The fourth-order valence-electron chi connectivity index (χ4n) is 3.24. The number of hydrogen-bond acceptors (Lipinski definition) is 4. The van der Waals surface area contributed by atoms with E-state index in [1.165, 1.54) is 0 Å². The molecule has 2 heterocycles. The fourth-order valence-corrected chi connectivity index (χ4v) is 3.24. The lowest BCUT2D eigenvalue weighted by atomic mass is 10.0. The van der Waals surface area contributed by atoms with E-state index in [0.29, 0.717) is 30.9 Å². The Morgan fingerprint density at radius 3 is 2.77 bits per heavy atom. The van der Waals surface area contributed by atoms with E-state index < -0.39 is 6.04 Å². The third kappa shape index (κ3) is 3.94. The van der Waals surface area contributed by atoms with Crippen LogP contribution in [0.25, 0.3) is 0 Å². The summed E-state index contributed by atoms with van der Waals surface area (Å²) in [5, 5.41) is 7.23. The van der Waals surface area contributed by atoms with E-state index in [2.05, 4.69) is 10.4 Å². The lowest BCUT2D eigenvalue weighted by molar-refractivity contribution is -0.121. The highest BCUT2D eigenvalue weighted by Gasteiger charge is 2.32. The Bertz CT molecular complexity index is 799. The van der Waals surface area contributed by atoms with Crippen LogP contribution in [0.2, 0.25) is 0 Å². The molecule has 1 atom stereocenters. The molecule has 2 aromatic rings.